The molecule has 6 nitrogen and oxygen atoms in total. The first-order valence-corrected chi connectivity index (χ1v) is 8.35. The van der Waals surface area contributed by atoms with E-state index in [4.69, 9.17) is 5.73 Å². The summed E-state index contributed by atoms with van der Waals surface area (Å²) in [6.07, 6.45) is 1.03. The monoisotopic (exact) mass is 317 g/mol. The van der Waals surface area contributed by atoms with Gasteiger partial charge in [0.05, 0.1) is 6.04 Å². The first-order valence-electron chi connectivity index (χ1n) is 7.30. The minimum Gasteiger partial charge on any atom is -0.356 e. The molecule has 21 heavy (non-hydrogen) atoms. The van der Waals surface area contributed by atoms with E-state index in [1.165, 1.54) is 0 Å². The van der Waals surface area contributed by atoms with Crippen LogP contribution in [0.5, 0.6) is 0 Å². The Morgan fingerprint density at radius 1 is 1.10 bits per heavy atom. The van der Waals surface area contributed by atoms with Gasteiger partial charge in [0.2, 0.25) is 11.8 Å². The van der Waals surface area contributed by atoms with E-state index in [1.807, 2.05) is 13.8 Å². The molecule has 0 saturated heterocycles. The number of thioether (sulfide) groups is 1. The Bertz CT molecular complexity index is 348. The number of carbonyl (C=O) groups is 3. The van der Waals surface area contributed by atoms with Gasteiger partial charge in [0, 0.05) is 38.1 Å². The Balaban J connectivity index is 3.70. The maximum Gasteiger partial charge on any atom is 0.237 e. The van der Waals surface area contributed by atoms with Gasteiger partial charge in [-0.3, -0.25) is 14.4 Å². The third-order valence-electron chi connectivity index (χ3n) is 2.72. The van der Waals surface area contributed by atoms with Gasteiger partial charge in [0.1, 0.15) is 5.78 Å². The summed E-state index contributed by atoms with van der Waals surface area (Å²) in [6, 6.07) is -0.553. The predicted octanol–water partition coefficient (Wildman–Crippen LogP) is 0.447. The van der Waals surface area contributed by atoms with Crippen molar-refractivity contribution >= 4 is 29.4 Å². The Hall–Kier alpha value is -1.08. The Morgan fingerprint density at radius 3 is 2.29 bits per heavy atom. The van der Waals surface area contributed by atoms with Crippen molar-refractivity contribution < 1.29 is 14.4 Å². The molecule has 1 atom stereocenters. The summed E-state index contributed by atoms with van der Waals surface area (Å²) in [5.74, 6) is 0.271. The summed E-state index contributed by atoms with van der Waals surface area (Å²) in [7, 11) is 0. The number of nitrogens with two attached hydrogens (primary N) is 1. The molecule has 122 valence electrons. The van der Waals surface area contributed by atoms with E-state index in [1.54, 1.807) is 18.7 Å². The molecular formula is C14H27N3O3S. The molecule has 0 rings (SSSR count). The average molecular weight is 317 g/mol. The minimum absolute atomic E-state index is 0.122. The zero-order chi connectivity index (χ0) is 16.3. The molecule has 0 spiro atoms. The lowest BCUT2D eigenvalue weighted by molar-refractivity contribution is -0.122. The molecule has 0 fully saturated rings. The third kappa shape index (κ3) is 11.3. The van der Waals surface area contributed by atoms with Crippen LogP contribution in [0.2, 0.25) is 0 Å². The summed E-state index contributed by atoms with van der Waals surface area (Å²) in [4.78, 5) is 34.2. The lowest BCUT2D eigenvalue weighted by Crippen LogP contribution is -2.43. The quantitative estimate of drug-likeness (QED) is 0.513. The number of ketones is 1. The molecule has 0 aromatic heterocycles. The molecule has 0 bridgehead atoms. The highest BCUT2D eigenvalue weighted by Gasteiger charge is 2.14. The normalized spacial score (nSPS) is 12.0. The van der Waals surface area contributed by atoms with Gasteiger partial charge in [-0.2, -0.15) is 11.8 Å². The van der Waals surface area contributed by atoms with Crippen LogP contribution in [0.25, 0.3) is 0 Å². The van der Waals surface area contributed by atoms with Crippen LogP contribution in [0.3, 0.4) is 0 Å². The molecule has 0 heterocycles. The Labute approximate surface area is 131 Å². The number of rotatable bonds is 11. The third-order valence-corrected chi connectivity index (χ3v) is 3.94. The SMILES string of the molecule is CCC(=O)CCNC(=O)CCNC(=O)[C@H](N)CSC(C)C. The zero-order valence-corrected chi connectivity index (χ0v) is 13.9. The number of Topliss-reactive ketones (excluding diaryl/α,β-unsaturated/α-hetero) is 1. The Kier molecular flexibility index (Phi) is 11.0. The highest BCUT2D eigenvalue weighted by Crippen LogP contribution is 2.09. The Morgan fingerprint density at radius 2 is 1.71 bits per heavy atom. The van der Waals surface area contributed by atoms with E-state index in [2.05, 4.69) is 10.6 Å². The van der Waals surface area contributed by atoms with Crippen LogP contribution in [-0.4, -0.2) is 47.7 Å². The zero-order valence-electron chi connectivity index (χ0n) is 13.1. The van der Waals surface area contributed by atoms with Crippen LogP contribution in [0, 0.1) is 0 Å². The highest BCUT2D eigenvalue weighted by molar-refractivity contribution is 7.99. The lowest BCUT2D eigenvalue weighted by atomic mass is 10.2. The molecule has 0 saturated carbocycles. The molecule has 4 N–H and O–H groups in total. The van der Waals surface area contributed by atoms with Gasteiger partial charge in [0.15, 0.2) is 0 Å². The lowest BCUT2D eigenvalue weighted by Gasteiger charge is -2.13. The molecule has 0 aromatic rings. The molecule has 0 aliphatic carbocycles. The summed E-state index contributed by atoms with van der Waals surface area (Å²) in [5, 5.41) is 5.72. The number of hydrogen-bond acceptors (Lipinski definition) is 5. The maximum absolute atomic E-state index is 11.7. The van der Waals surface area contributed by atoms with Crippen molar-refractivity contribution in [2.24, 2.45) is 5.73 Å². The average Bonchev–Trinajstić information content (AvgIpc) is 2.44. The van der Waals surface area contributed by atoms with Crippen molar-refractivity contribution in [2.75, 3.05) is 18.8 Å². The molecule has 0 unspecified atom stereocenters. The first-order chi connectivity index (χ1) is 9.86. The second-order valence-electron chi connectivity index (χ2n) is 5.02. The topological polar surface area (TPSA) is 101 Å². The van der Waals surface area contributed by atoms with E-state index in [-0.39, 0.29) is 30.6 Å². The van der Waals surface area contributed by atoms with E-state index in [0.717, 1.165) is 0 Å². The molecule has 2 amide bonds. The summed E-state index contributed by atoms with van der Waals surface area (Å²) >= 11 is 1.63. The van der Waals surface area contributed by atoms with Crippen LogP contribution in [0.15, 0.2) is 0 Å². The fourth-order valence-corrected chi connectivity index (χ4v) is 2.15. The van der Waals surface area contributed by atoms with E-state index < -0.39 is 6.04 Å². The van der Waals surface area contributed by atoms with Crippen LogP contribution < -0.4 is 16.4 Å². The van der Waals surface area contributed by atoms with Crippen molar-refractivity contribution in [2.45, 2.75) is 51.3 Å². The smallest absolute Gasteiger partial charge is 0.237 e. The number of nitrogens with one attached hydrogen (secondary N) is 2. The largest absolute Gasteiger partial charge is 0.356 e. The second kappa shape index (κ2) is 11.6. The van der Waals surface area contributed by atoms with Crippen molar-refractivity contribution in [3.8, 4) is 0 Å². The fraction of sp³-hybridized carbons (Fsp3) is 0.786. The molecule has 0 aliphatic rings. The van der Waals surface area contributed by atoms with Gasteiger partial charge in [-0.05, 0) is 5.25 Å². The van der Waals surface area contributed by atoms with E-state index >= 15 is 0 Å². The van der Waals surface area contributed by atoms with Crippen molar-refractivity contribution in [1.29, 1.82) is 0 Å². The van der Waals surface area contributed by atoms with Crippen LogP contribution >= 0.6 is 11.8 Å². The van der Waals surface area contributed by atoms with E-state index in [9.17, 15) is 14.4 Å². The molecule has 7 heteroatoms. The summed E-state index contributed by atoms with van der Waals surface area (Å²) < 4.78 is 0. The molecule has 0 aliphatic heterocycles. The second-order valence-corrected chi connectivity index (χ2v) is 6.63. The standard InChI is InChI=1S/C14H27N3O3S/c1-4-11(18)5-7-16-13(19)6-8-17-14(20)12(15)9-21-10(2)3/h10,12H,4-9,15H2,1-3H3,(H,16,19)(H,17,20)/t12-/m1/s1. The predicted molar refractivity (Wildman–Crippen MR) is 86.1 cm³/mol. The van der Waals surface area contributed by atoms with Gasteiger partial charge < -0.3 is 16.4 Å². The van der Waals surface area contributed by atoms with Gasteiger partial charge >= 0.3 is 0 Å². The van der Waals surface area contributed by atoms with Crippen molar-refractivity contribution in [3.05, 3.63) is 0 Å². The molecular weight excluding hydrogens is 290 g/mol. The van der Waals surface area contributed by atoms with Gasteiger partial charge in [-0.25, -0.2) is 0 Å². The van der Waals surface area contributed by atoms with E-state index in [0.29, 0.717) is 30.4 Å². The van der Waals surface area contributed by atoms with Gasteiger partial charge in [-0.15, -0.1) is 0 Å². The fourth-order valence-electron chi connectivity index (χ4n) is 1.41. The molecule has 0 radical (unpaired) electrons. The summed E-state index contributed by atoms with van der Waals surface area (Å²) in [6.45, 7) is 6.49. The number of carbonyl (C=O) groups excluding carboxylic acids is 3. The number of hydrogen-bond donors (Lipinski definition) is 3. The molecule has 0 aromatic carbocycles. The van der Waals surface area contributed by atoms with Gasteiger partial charge in [-0.1, -0.05) is 20.8 Å². The van der Waals surface area contributed by atoms with Crippen LogP contribution in [0.1, 0.15) is 40.0 Å². The van der Waals surface area contributed by atoms with Crippen LogP contribution in [0.4, 0.5) is 0 Å². The minimum atomic E-state index is -0.553. The summed E-state index contributed by atoms with van der Waals surface area (Å²) in [5.41, 5.74) is 5.74. The van der Waals surface area contributed by atoms with Gasteiger partial charge in [0.25, 0.3) is 0 Å². The highest BCUT2D eigenvalue weighted by atomic mass is 32.2. The van der Waals surface area contributed by atoms with Crippen LogP contribution in [-0.2, 0) is 14.4 Å². The maximum atomic E-state index is 11.7. The number of amides is 2. The van der Waals surface area contributed by atoms with Crippen molar-refractivity contribution in [3.63, 3.8) is 0 Å². The van der Waals surface area contributed by atoms with Crippen molar-refractivity contribution in [1.82, 2.24) is 10.6 Å². The first kappa shape index (κ1) is 19.9.